The van der Waals surface area contributed by atoms with Crippen LogP contribution in [-0.2, 0) is 24.6 Å². The Labute approximate surface area is 273 Å². The Morgan fingerprint density at radius 1 is 1.11 bits per heavy atom. The van der Waals surface area contributed by atoms with E-state index in [1.165, 1.54) is 17.0 Å². The van der Waals surface area contributed by atoms with Gasteiger partial charge in [0.1, 0.15) is 18.2 Å². The standard InChI is InChI=1S/C31H35ClF2N3O7PS/c1-30(2,3)26(35-27(38)25-16-19-14-20(9-10-24(19)46-25)31(33,34)45(41,42)43)29(40)37-11-5-8-22(37)28(39)36-12-13-44-23(17-36)18-6-4-7-21(32)15-18/h4,6-7,9-10,14-16,22-23,26H,5,8,11-13,17H2,1-3H3,(H,35,38)(H2,41,42,43)/t22-,23?,26?/m0/s1. The van der Waals surface area contributed by atoms with Gasteiger partial charge in [0, 0.05) is 28.4 Å². The van der Waals surface area contributed by atoms with Crippen molar-refractivity contribution in [2.24, 2.45) is 5.41 Å². The molecule has 248 valence electrons. The fraction of sp³-hybridized carbons (Fsp3) is 0.452. The molecular formula is C31H35ClF2N3O7PS. The molecule has 0 radical (unpaired) electrons. The van der Waals surface area contributed by atoms with E-state index >= 15 is 0 Å². The molecule has 0 saturated carbocycles. The summed E-state index contributed by atoms with van der Waals surface area (Å²) in [6.07, 6.45) is 0.739. The summed E-state index contributed by atoms with van der Waals surface area (Å²) in [5.74, 6) is -1.20. The van der Waals surface area contributed by atoms with E-state index in [4.69, 9.17) is 26.1 Å². The number of thiophene rings is 1. The highest BCUT2D eigenvalue weighted by Crippen LogP contribution is 2.59. The molecule has 3 N–H and O–H groups in total. The predicted octanol–water partition coefficient (Wildman–Crippen LogP) is 5.52. The molecule has 0 aliphatic carbocycles. The molecule has 0 spiro atoms. The molecule has 3 heterocycles. The molecule has 3 aromatic rings. The molecule has 2 saturated heterocycles. The number of ether oxygens (including phenoxy) is 1. The smallest absolute Gasteiger partial charge is 0.370 e. The van der Waals surface area contributed by atoms with Crippen molar-refractivity contribution >= 4 is 58.3 Å². The Bertz CT molecular complexity index is 1710. The third-order valence-corrected chi connectivity index (χ3v) is 10.6. The van der Waals surface area contributed by atoms with Crippen LogP contribution in [0.25, 0.3) is 10.1 Å². The van der Waals surface area contributed by atoms with Crippen LogP contribution in [0.4, 0.5) is 8.78 Å². The average Bonchev–Trinajstić information content (AvgIpc) is 3.65. The summed E-state index contributed by atoms with van der Waals surface area (Å²) in [4.78, 5) is 62.9. The van der Waals surface area contributed by atoms with Crippen molar-refractivity contribution in [3.63, 3.8) is 0 Å². The van der Waals surface area contributed by atoms with E-state index in [1.54, 1.807) is 37.8 Å². The molecule has 3 atom stereocenters. The fourth-order valence-corrected chi connectivity index (χ4v) is 7.40. The number of morpholine rings is 1. The van der Waals surface area contributed by atoms with Gasteiger partial charge in [0.2, 0.25) is 11.8 Å². The van der Waals surface area contributed by atoms with E-state index in [1.807, 2.05) is 12.1 Å². The van der Waals surface area contributed by atoms with Gasteiger partial charge in [-0.25, -0.2) is 0 Å². The summed E-state index contributed by atoms with van der Waals surface area (Å²) in [6.45, 7) is 6.74. The van der Waals surface area contributed by atoms with Crippen LogP contribution in [0.3, 0.4) is 0 Å². The lowest BCUT2D eigenvalue weighted by atomic mass is 9.85. The van der Waals surface area contributed by atoms with Gasteiger partial charge in [-0.15, -0.1) is 11.3 Å². The number of hydrogen-bond donors (Lipinski definition) is 3. The van der Waals surface area contributed by atoms with Gasteiger partial charge in [-0.2, -0.15) is 8.78 Å². The highest BCUT2D eigenvalue weighted by molar-refractivity contribution is 7.52. The van der Waals surface area contributed by atoms with Crippen molar-refractivity contribution < 1.29 is 42.3 Å². The van der Waals surface area contributed by atoms with E-state index in [9.17, 15) is 27.7 Å². The second-order valence-corrected chi connectivity index (χ2v) is 15.8. The van der Waals surface area contributed by atoms with Crippen LogP contribution < -0.4 is 5.32 Å². The van der Waals surface area contributed by atoms with Gasteiger partial charge in [0.15, 0.2) is 0 Å². The molecule has 10 nitrogen and oxygen atoms in total. The number of nitrogens with zero attached hydrogens (tertiary/aromatic N) is 2. The molecule has 46 heavy (non-hydrogen) atoms. The van der Waals surface area contributed by atoms with E-state index < -0.39 is 48.1 Å². The van der Waals surface area contributed by atoms with Crippen molar-refractivity contribution in [3.8, 4) is 0 Å². The largest absolute Gasteiger partial charge is 0.399 e. The molecule has 2 aliphatic rings. The summed E-state index contributed by atoms with van der Waals surface area (Å²) in [7, 11) is -5.77. The van der Waals surface area contributed by atoms with Gasteiger partial charge in [0.05, 0.1) is 18.0 Å². The lowest BCUT2D eigenvalue weighted by Crippen LogP contribution is -2.58. The van der Waals surface area contributed by atoms with E-state index in [0.29, 0.717) is 48.8 Å². The monoisotopic (exact) mass is 697 g/mol. The minimum atomic E-state index is -5.77. The fourth-order valence-electron chi connectivity index (χ4n) is 5.78. The number of hydrogen-bond acceptors (Lipinski definition) is 6. The molecular weight excluding hydrogens is 663 g/mol. The quantitative estimate of drug-likeness (QED) is 0.277. The number of rotatable bonds is 7. The van der Waals surface area contributed by atoms with Crippen molar-refractivity contribution in [2.75, 3.05) is 26.2 Å². The Hall–Kier alpha value is -2.93. The maximum absolute atomic E-state index is 14.3. The average molecular weight is 698 g/mol. The van der Waals surface area contributed by atoms with E-state index in [2.05, 4.69) is 5.32 Å². The summed E-state index contributed by atoms with van der Waals surface area (Å²) in [5.41, 5.74) is -5.16. The van der Waals surface area contributed by atoms with Crippen LogP contribution in [0.5, 0.6) is 0 Å². The zero-order valence-electron chi connectivity index (χ0n) is 25.4. The Morgan fingerprint density at radius 2 is 1.85 bits per heavy atom. The minimum absolute atomic E-state index is 0.128. The van der Waals surface area contributed by atoms with Crippen LogP contribution in [0.1, 0.15) is 60.5 Å². The number of alkyl halides is 2. The number of nitrogens with one attached hydrogen (secondary N) is 1. The van der Waals surface area contributed by atoms with Crippen LogP contribution in [-0.4, -0.2) is 75.6 Å². The van der Waals surface area contributed by atoms with E-state index in [-0.39, 0.29) is 22.3 Å². The van der Waals surface area contributed by atoms with Gasteiger partial charge in [-0.1, -0.05) is 50.6 Å². The van der Waals surface area contributed by atoms with Crippen LogP contribution in [0.15, 0.2) is 48.5 Å². The van der Waals surface area contributed by atoms with Gasteiger partial charge in [0.25, 0.3) is 5.91 Å². The first kappa shape index (κ1) is 34.4. The topological polar surface area (TPSA) is 136 Å². The molecule has 2 fully saturated rings. The zero-order valence-corrected chi connectivity index (χ0v) is 27.9. The summed E-state index contributed by atoms with van der Waals surface area (Å²) in [5, 5.41) is 3.57. The molecule has 15 heteroatoms. The van der Waals surface area contributed by atoms with Gasteiger partial charge in [-0.3, -0.25) is 18.9 Å². The second-order valence-electron chi connectivity index (χ2n) is 12.6. The van der Waals surface area contributed by atoms with Crippen molar-refractivity contribution in [3.05, 3.63) is 69.6 Å². The number of carbonyl (C=O) groups is 3. The lowest BCUT2D eigenvalue weighted by molar-refractivity contribution is -0.150. The normalized spacial score (nSPS) is 20.2. The molecule has 3 amide bonds. The lowest BCUT2D eigenvalue weighted by Gasteiger charge is -2.38. The number of amides is 3. The molecule has 2 aromatic carbocycles. The van der Waals surface area contributed by atoms with Crippen molar-refractivity contribution in [1.29, 1.82) is 0 Å². The summed E-state index contributed by atoms with van der Waals surface area (Å²) in [6, 6.07) is 10.0. The Morgan fingerprint density at radius 3 is 2.52 bits per heavy atom. The molecule has 0 bridgehead atoms. The maximum Gasteiger partial charge on any atom is 0.399 e. The van der Waals surface area contributed by atoms with E-state index in [0.717, 1.165) is 29.0 Å². The summed E-state index contributed by atoms with van der Waals surface area (Å²) >= 11 is 7.15. The number of benzene rings is 2. The molecule has 2 aliphatic heterocycles. The first-order valence-corrected chi connectivity index (χ1v) is 17.5. The highest BCUT2D eigenvalue weighted by Gasteiger charge is 2.50. The maximum atomic E-state index is 14.3. The molecule has 5 rings (SSSR count). The first-order chi connectivity index (χ1) is 21.5. The number of likely N-dealkylation sites (tertiary alicyclic amines) is 1. The van der Waals surface area contributed by atoms with Gasteiger partial charge >= 0.3 is 13.3 Å². The summed E-state index contributed by atoms with van der Waals surface area (Å²) < 4.78 is 46.3. The zero-order chi connectivity index (χ0) is 33.6. The first-order valence-electron chi connectivity index (χ1n) is 14.7. The van der Waals surface area contributed by atoms with Crippen molar-refractivity contribution in [2.45, 2.75) is 57.5 Å². The molecule has 1 aromatic heterocycles. The SMILES string of the molecule is CC(C)(C)C(NC(=O)c1cc2cc(C(F)(F)P(=O)(O)O)ccc2s1)C(=O)N1CCC[C@H]1C(=O)N1CCOC(c2cccc(Cl)c2)C1. The predicted molar refractivity (Wildman–Crippen MR) is 170 cm³/mol. The second kappa shape index (κ2) is 12.9. The molecule has 2 unspecified atom stereocenters. The van der Waals surface area contributed by atoms with Gasteiger partial charge < -0.3 is 29.6 Å². The van der Waals surface area contributed by atoms with Crippen molar-refractivity contribution in [1.82, 2.24) is 15.1 Å². The van der Waals surface area contributed by atoms with Crippen LogP contribution in [0.2, 0.25) is 5.02 Å². The number of fused-ring (bicyclic) bond motifs is 1. The third-order valence-electron chi connectivity index (χ3n) is 8.26. The Balaban J connectivity index is 1.32. The third kappa shape index (κ3) is 7.00. The van der Waals surface area contributed by atoms with Crippen LogP contribution in [0, 0.1) is 5.41 Å². The van der Waals surface area contributed by atoms with Gasteiger partial charge in [-0.05, 0) is 59.5 Å². The number of halogens is 3. The van der Waals surface area contributed by atoms with Crippen LogP contribution >= 0.6 is 30.5 Å². The highest BCUT2D eigenvalue weighted by atomic mass is 35.5. The Kier molecular flexibility index (Phi) is 9.67. The number of carbonyl (C=O) groups excluding carboxylic acids is 3. The minimum Gasteiger partial charge on any atom is -0.370 e.